The van der Waals surface area contributed by atoms with Crippen LogP contribution in [0.5, 0.6) is 0 Å². The van der Waals surface area contributed by atoms with Crippen molar-refractivity contribution in [1.82, 2.24) is 5.06 Å². The van der Waals surface area contributed by atoms with Gasteiger partial charge in [-0.2, -0.15) is 0 Å². The quantitative estimate of drug-likeness (QED) is 0.742. The lowest BCUT2D eigenvalue weighted by molar-refractivity contribution is -0.213. The number of hydrogen-bond acceptors (Lipinski definition) is 4. The van der Waals surface area contributed by atoms with Gasteiger partial charge in [-0.05, 0) is 19.8 Å². The number of hydrogen-bond donors (Lipinski definition) is 1. The number of rotatable bonds is 5. The maximum absolute atomic E-state index is 11.7. The summed E-state index contributed by atoms with van der Waals surface area (Å²) in [5.74, 6) is -0.114. The van der Waals surface area contributed by atoms with Crippen molar-refractivity contribution < 1.29 is 19.5 Å². The second kappa shape index (κ2) is 5.06. The molecule has 1 amide bonds. The molecule has 1 saturated carbocycles. The Bertz CT molecular complexity index is 320. The predicted octanol–water partition coefficient (Wildman–Crippen LogP) is 1.55. The number of amides is 1. The highest BCUT2D eigenvalue weighted by Gasteiger charge is 2.51. The topological polar surface area (TPSA) is 59.0 Å². The fraction of sp³-hybridized carbons (Fsp3) is 0.750. The van der Waals surface area contributed by atoms with Crippen LogP contribution >= 0.6 is 0 Å². The fourth-order valence-corrected chi connectivity index (χ4v) is 2.56. The van der Waals surface area contributed by atoms with Crippen molar-refractivity contribution in [3.63, 3.8) is 0 Å². The lowest BCUT2D eigenvalue weighted by Crippen LogP contribution is -2.46. The van der Waals surface area contributed by atoms with Crippen LogP contribution in [-0.2, 0) is 14.4 Å². The van der Waals surface area contributed by atoms with E-state index in [4.69, 9.17) is 9.57 Å². The van der Waals surface area contributed by atoms with Crippen LogP contribution in [0.1, 0.15) is 32.6 Å². The van der Waals surface area contributed by atoms with Gasteiger partial charge in [0.05, 0.1) is 13.2 Å². The van der Waals surface area contributed by atoms with Crippen molar-refractivity contribution in [2.24, 2.45) is 0 Å². The lowest BCUT2D eigenvalue weighted by Gasteiger charge is -2.33. The molecule has 96 valence electrons. The maximum atomic E-state index is 11.7. The molecule has 2 rings (SSSR count). The molecule has 0 aromatic heterocycles. The molecule has 0 aromatic carbocycles. The molecule has 5 heteroatoms. The van der Waals surface area contributed by atoms with Crippen molar-refractivity contribution >= 4 is 5.91 Å². The molecule has 1 aliphatic carbocycles. The molecular formula is C12H19NO4. The standard InChI is InChI=1S/C12H19NO4/c1-2-16-7-8-17-13-11(15)9-10(14)12(13)5-3-4-6-12/h9,14H,2-8H2,1H3. The molecule has 0 radical (unpaired) electrons. The van der Waals surface area contributed by atoms with Gasteiger partial charge in [-0.25, -0.2) is 5.06 Å². The van der Waals surface area contributed by atoms with E-state index in [-0.39, 0.29) is 11.7 Å². The van der Waals surface area contributed by atoms with E-state index in [1.54, 1.807) is 0 Å². The maximum Gasteiger partial charge on any atom is 0.274 e. The summed E-state index contributed by atoms with van der Waals surface area (Å²) in [6, 6.07) is 0. The lowest BCUT2D eigenvalue weighted by atomic mass is 9.97. The summed E-state index contributed by atoms with van der Waals surface area (Å²) in [6.07, 6.45) is 4.84. The van der Waals surface area contributed by atoms with Crippen LogP contribution in [0.2, 0.25) is 0 Å². The molecule has 0 atom stereocenters. The molecule has 0 aromatic rings. The molecular weight excluding hydrogens is 222 g/mol. The van der Waals surface area contributed by atoms with Crippen LogP contribution in [0.25, 0.3) is 0 Å². The average Bonchev–Trinajstić information content (AvgIpc) is 2.86. The Kier molecular flexibility index (Phi) is 3.69. The van der Waals surface area contributed by atoms with E-state index in [9.17, 15) is 9.90 Å². The van der Waals surface area contributed by atoms with Crippen molar-refractivity contribution in [1.29, 1.82) is 0 Å². The zero-order valence-corrected chi connectivity index (χ0v) is 10.1. The van der Waals surface area contributed by atoms with E-state index in [1.165, 1.54) is 11.1 Å². The molecule has 0 bridgehead atoms. The van der Waals surface area contributed by atoms with Crippen LogP contribution in [0, 0.1) is 0 Å². The van der Waals surface area contributed by atoms with Gasteiger partial charge in [-0.1, -0.05) is 12.8 Å². The summed E-state index contributed by atoms with van der Waals surface area (Å²) in [4.78, 5) is 17.2. The summed E-state index contributed by atoms with van der Waals surface area (Å²) >= 11 is 0. The first-order valence-electron chi connectivity index (χ1n) is 6.17. The Morgan fingerprint density at radius 1 is 1.41 bits per heavy atom. The Hall–Kier alpha value is -1.07. The van der Waals surface area contributed by atoms with E-state index in [0.717, 1.165) is 25.7 Å². The van der Waals surface area contributed by atoms with Gasteiger partial charge in [0, 0.05) is 12.7 Å². The fourth-order valence-electron chi connectivity index (χ4n) is 2.56. The molecule has 1 heterocycles. The molecule has 2 aliphatic rings. The van der Waals surface area contributed by atoms with Crippen molar-refractivity contribution in [2.75, 3.05) is 19.8 Å². The second-order valence-electron chi connectivity index (χ2n) is 4.43. The zero-order valence-electron chi connectivity index (χ0n) is 10.1. The summed E-state index contributed by atoms with van der Waals surface area (Å²) in [6.45, 7) is 3.33. The van der Waals surface area contributed by atoms with Gasteiger partial charge >= 0.3 is 0 Å². The third-order valence-electron chi connectivity index (χ3n) is 3.41. The third-order valence-corrected chi connectivity index (χ3v) is 3.41. The van der Waals surface area contributed by atoms with Gasteiger partial charge in [0.15, 0.2) is 0 Å². The monoisotopic (exact) mass is 241 g/mol. The summed E-state index contributed by atoms with van der Waals surface area (Å²) in [5, 5.41) is 11.3. The van der Waals surface area contributed by atoms with Gasteiger partial charge in [0.1, 0.15) is 11.3 Å². The first-order valence-corrected chi connectivity index (χ1v) is 6.17. The number of carbonyl (C=O) groups is 1. The Labute approximate surface area is 101 Å². The van der Waals surface area contributed by atoms with Crippen molar-refractivity contribution in [2.45, 2.75) is 38.1 Å². The molecule has 17 heavy (non-hydrogen) atoms. The molecule has 5 nitrogen and oxygen atoms in total. The van der Waals surface area contributed by atoms with Crippen LogP contribution < -0.4 is 0 Å². The normalized spacial score (nSPS) is 22.5. The Balaban J connectivity index is 1.97. The smallest absolute Gasteiger partial charge is 0.274 e. The van der Waals surface area contributed by atoms with Crippen LogP contribution in [0.15, 0.2) is 11.8 Å². The summed E-state index contributed by atoms with van der Waals surface area (Å²) in [5.41, 5.74) is -0.594. The third kappa shape index (κ3) is 2.17. The first kappa shape index (κ1) is 12.4. The van der Waals surface area contributed by atoms with Gasteiger partial charge in [-0.3, -0.25) is 9.63 Å². The Morgan fingerprint density at radius 3 is 2.76 bits per heavy atom. The largest absolute Gasteiger partial charge is 0.509 e. The van der Waals surface area contributed by atoms with Crippen LogP contribution in [0.3, 0.4) is 0 Å². The number of aliphatic hydroxyl groups is 1. The van der Waals surface area contributed by atoms with Crippen molar-refractivity contribution in [3.8, 4) is 0 Å². The molecule has 0 saturated heterocycles. The summed E-state index contributed by atoms with van der Waals surface area (Å²) < 4.78 is 5.16. The van der Waals surface area contributed by atoms with Gasteiger partial charge in [-0.15, -0.1) is 0 Å². The van der Waals surface area contributed by atoms with Crippen LogP contribution in [0.4, 0.5) is 0 Å². The molecule has 1 spiro atoms. The molecule has 1 N–H and O–H groups in total. The molecule has 1 aliphatic heterocycles. The predicted molar refractivity (Wildman–Crippen MR) is 61.2 cm³/mol. The SMILES string of the molecule is CCOCCON1C(=O)C=C(O)C12CCCC2. The minimum Gasteiger partial charge on any atom is -0.509 e. The summed E-state index contributed by atoms with van der Waals surface area (Å²) in [7, 11) is 0. The highest BCUT2D eigenvalue weighted by Crippen LogP contribution is 2.43. The number of hydroxylamine groups is 2. The van der Waals surface area contributed by atoms with Gasteiger partial charge in [0.25, 0.3) is 5.91 Å². The van der Waals surface area contributed by atoms with E-state index in [0.29, 0.717) is 19.8 Å². The minimum atomic E-state index is -0.594. The number of aliphatic hydroxyl groups excluding tert-OH is 1. The number of carbonyl (C=O) groups excluding carboxylic acids is 1. The van der Waals surface area contributed by atoms with E-state index in [2.05, 4.69) is 0 Å². The first-order chi connectivity index (χ1) is 8.20. The van der Waals surface area contributed by atoms with Gasteiger partial charge in [0.2, 0.25) is 0 Å². The zero-order chi connectivity index (χ0) is 12.3. The minimum absolute atomic E-state index is 0.149. The van der Waals surface area contributed by atoms with E-state index in [1.807, 2.05) is 6.92 Å². The number of ether oxygens (including phenoxy) is 1. The highest BCUT2D eigenvalue weighted by atomic mass is 16.7. The van der Waals surface area contributed by atoms with Crippen LogP contribution in [-0.4, -0.2) is 41.4 Å². The average molecular weight is 241 g/mol. The number of nitrogens with zero attached hydrogens (tertiary/aromatic N) is 1. The molecule has 1 fully saturated rings. The van der Waals surface area contributed by atoms with Gasteiger partial charge < -0.3 is 9.84 Å². The second-order valence-corrected chi connectivity index (χ2v) is 4.43. The van der Waals surface area contributed by atoms with E-state index < -0.39 is 5.54 Å². The molecule has 0 unspecified atom stereocenters. The van der Waals surface area contributed by atoms with E-state index >= 15 is 0 Å². The van der Waals surface area contributed by atoms with Crippen molar-refractivity contribution in [3.05, 3.63) is 11.8 Å². The highest BCUT2D eigenvalue weighted by molar-refractivity contribution is 5.91. The Morgan fingerprint density at radius 2 is 2.12 bits per heavy atom.